The molecule has 0 radical (unpaired) electrons. The summed E-state index contributed by atoms with van der Waals surface area (Å²) in [7, 11) is 0. The van der Waals surface area contributed by atoms with Crippen molar-refractivity contribution >= 4 is 41.1 Å². The smallest absolute Gasteiger partial charge is 0.416 e. The fourth-order valence-electron chi connectivity index (χ4n) is 2.51. The predicted octanol–water partition coefficient (Wildman–Crippen LogP) is 4.98. The zero-order valence-electron chi connectivity index (χ0n) is 14.5. The number of amides is 1. The van der Waals surface area contributed by atoms with Gasteiger partial charge in [-0.3, -0.25) is 4.79 Å². The number of thioether (sulfide) groups is 2. The molecule has 0 unspecified atom stereocenters. The number of rotatable bonds is 5. The van der Waals surface area contributed by atoms with Gasteiger partial charge in [-0.25, -0.2) is 4.79 Å². The molecule has 0 saturated carbocycles. The van der Waals surface area contributed by atoms with Crippen LogP contribution in [-0.4, -0.2) is 30.0 Å². The average molecular weight is 427 g/mol. The SMILES string of the molecule is O=C(COC(=O)c1ccc(C2SCCS2)cc1)Nc1cccc(C(F)(F)F)c1. The van der Waals surface area contributed by atoms with Crippen molar-refractivity contribution in [2.45, 2.75) is 10.8 Å². The maximum Gasteiger partial charge on any atom is 0.416 e. The van der Waals surface area contributed by atoms with Crippen molar-refractivity contribution < 1.29 is 27.5 Å². The zero-order chi connectivity index (χ0) is 20.1. The molecule has 2 aromatic rings. The number of hydrogen-bond acceptors (Lipinski definition) is 5. The number of nitrogens with one attached hydrogen (secondary N) is 1. The van der Waals surface area contributed by atoms with Crippen molar-refractivity contribution in [1.82, 2.24) is 0 Å². The summed E-state index contributed by atoms with van der Waals surface area (Å²) in [4.78, 5) is 23.9. The van der Waals surface area contributed by atoms with Gasteiger partial charge in [0.05, 0.1) is 15.7 Å². The molecule has 1 N–H and O–H groups in total. The summed E-state index contributed by atoms with van der Waals surface area (Å²) in [6, 6.07) is 11.2. The van der Waals surface area contributed by atoms with E-state index in [2.05, 4.69) is 5.32 Å². The number of halogens is 3. The maximum absolute atomic E-state index is 12.7. The Hall–Kier alpha value is -2.13. The predicted molar refractivity (Wildman–Crippen MR) is 104 cm³/mol. The molecule has 1 amide bonds. The van der Waals surface area contributed by atoms with E-state index >= 15 is 0 Å². The minimum atomic E-state index is -4.51. The lowest BCUT2D eigenvalue weighted by Crippen LogP contribution is -2.21. The van der Waals surface area contributed by atoms with Crippen LogP contribution in [0.25, 0.3) is 0 Å². The number of ether oxygens (including phenoxy) is 1. The Morgan fingerprint density at radius 2 is 1.75 bits per heavy atom. The number of hydrogen-bond donors (Lipinski definition) is 1. The molecule has 0 bridgehead atoms. The standard InChI is InChI=1S/C19H16F3NO3S2/c20-19(21,22)14-2-1-3-15(10-14)23-16(24)11-26-17(25)12-4-6-13(7-5-12)18-27-8-9-28-18/h1-7,10,18H,8-9,11H2,(H,23,24). The fourth-order valence-corrected chi connectivity index (χ4v) is 5.37. The lowest BCUT2D eigenvalue weighted by Gasteiger charge is -2.11. The molecule has 3 rings (SSSR count). The molecule has 0 aliphatic carbocycles. The van der Waals surface area contributed by atoms with Crippen molar-refractivity contribution in [3.8, 4) is 0 Å². The van der Waals surface area contributed by atoms with Crippen molar-refractivity contribution in [2.24, 2.45) is 0 Å². The molecule has 1 aliphatic rings. The summed E-state index contributed by atoms with van der Waals surface area (Å²) < 4.78 is 43.4. The Morgan fingerprint density at radius 1 is 1.07 bits per heavy atom. The second-order valence-electron chi connectivity index (χ2n) is 5.90. The third kappa shape index (κ3) is 5.45. The van der Waals surface area contributed by atoms with Gasteiger partial charge >= 0.3 is 12.1 Å². The van der Waals surface area contributed by atoms with Gasteiger partial charge in [0, 0.05) is 17.2 Å². The summed E-state index contributed by atoms with van der Waals surface area (Å²) in [5, 5.41) is 2.29. The first-order valence-corrected chi connectivity index (χ1v) is 10.4. The minimum Gasteiger partial charge on any atom is -0.452 e. The van der Waals surface area contributed by atoms with Gasteiger partial charge in [-0.15, -0.1) is 23.5 Å². The van der Waals surface area contributed by atoms with Gasteiger partial charge in [0.25, 0.3) is 5.91 Å². The minimum absolute atomic E-state index is 0.0215. The van der Waals surface area contributed by atoms with Crippen LogP contribution in [0.15, 0.2) is 48.5 Å². The lowest BCUT2D eigenvalue weighted by molar-refractivity contribution is -0.137. The highest BCUT2D eigenvalue weighted by Gasteiger charge is 2.30. The molecule has 1 aliphatic heterocycles. The summed E-state index contributed by atoms with van der Waals surface area (Å²) in [6.45, 7) is -0.592. The molecule has 0 aromatic heterocycles. The van der Waals surface area contributed by atoms with Crippen LogP contribution in [0.2, 0.25) is 0 Å². The first kappa shape index (κ1) is 20.6. The van der Waals surface area contributed by atoms with Crippen LogP contribution < -0.4 is 5.32 Å². The molecular formula is C19H16F3NO3S2. The molecule has 1 heterocycles. The first-order valence-electron chi connectivity index (χ1n) is 8.30. The van der Waals surface area contributed by atoms with Crippen molar-refractivity contribution in [3.05, 3.63) is 65.2 Å². The molecule has 4 nitrogen and oxygen atoms in total. The number of anilines is 1. The topological polar surface area (TPSA) is 55.4 Å². The second kappa shape index (κ2) is 8.91. The van der Waals surface area contributed by atoms with Crippen LogP contribution in [0.5, 0.6) is 0 Å². The normalized spacial score (nSPS) is 14.7. The van der Waals surface area contributed by atoms with Crippen LogP contribution in [0, 0.1) is 0 Å². The van der Waals surface area contributed by atoms with E-state index in [4.69, 9.17) is 4.74 Å². The van der Waals surface area contributed by atoms with E-state index in [-0.39, 0.29) is 5.69 Å². The van der Waals surface area contributed by atoms with Crippen LogP contribution in [-0.2, 0) is 15.7 Å². The fraction of sp³-hybridized carbons (Fsp3) is 0.263. The molecule has 1 saturated heterocycles. The number of benzene rings is 2. The van der Waals surface area contributed by atoms with Crippen LogP contribution >= 0.6 is 23.5 Å². The van der Waals surface area contributed by atoms with Gasteiger partial charge in [0.2, 0.25) is 0 Å². The molecule has 2 aromatic carbocycles. The Balaban J connectivity index is 1.52. The van der Waals surface area contributed by atoms with E-state index < -0.39 is 30.2 Å². The van der Waals surface area contributed by atoms with E-state index in [0.29, 0.717) is 10.1 Å². The molecule has 28 heavy (non-hydrogen) atoms. The van der Waals surface area contributed by atoms with Crippen molar-refractivity contribution in [1.29, 1.82) is 0 Å². The number of carbonyl (C=O) groups is 2. The van der Waals surface area contributed by atoms with Gasteiger partial charge in [-0.1, -0.05) is 18.2 Å². The molecule has 148 valence electrons. The van der Waals surface area contributed by atoms with E-state index in [9.17, 15) is 22.8 Å². The van der Waals surface area contributed by atoms with Crippen LogP contribution in [0.3, 0.4) is 0 Å². The van der Waals surface area contributed by atoms with Gasteiger partial charge in [0.15, 0.2) is 6.61 Å². The number of alkyl halides is 3. The third-order valence-electron chi connectivity index (χ3n) is 3.85. The lowest BCUT2D eigenvalue weighted by atomic mass is 10.1. The van der Waals surface area contributed by atoms with Crippen molar-refractivity contribution in [2.75, 3.05) is 23.4 Å². The van der Waals surface area contributed by atoms with E-state index in [1.807, 2.05) is 35.7 Å². The van der Waals surface area contributed by atoms with Crippen molar-refractivity contribution in [3.63, 3.8) is 0 Å². The molecular weight excluding hydrogens is 411 g/mol. The molecule has 0 spiro atoms. The summed E-state index contributed by atoms with van der Waals surface area (Å²) in [6.07, 6.45) is -4.51. The Kier molecular flexibility index (Phi) is 6.56. The summed E-state index contributed by atoms with van der Waals surface area (Å²) >= 11 is 3.70. The number of esters is 1. The summed E-state index contributed by atoms with van der Waals surface area (Å²) in [5.74, 6) is 0.806. The Morgan fingerprint density at radius 3 is 2.39 bits per heavy atom. The van der Waals surface area contributed by atoms with E-state index in [1.165, 1.54) is 12.1 Å². The highest BCUT2D eigenvalue weighted by molar-refractivity contribution is 8.19. The second-order valence-corrected chi connectivity index (χ2v) is 8.62. The highest BCUT2D eigenvalue weighted by Crippen LogP contribution is 2.45. The Labute approximate surface area is 168 Å². The zero-order valence-corrected chi connectivity index (χ0v) is 16.1. The highest BCUT2D eigenvalue weighted by atomic mass is 32.2. The summed E-state index contributed by atoms with van der Waals surface area (Å²) in [5.41, 5.74) is 0.530. The monoisotopic (exact) mass is 427 g/mol. The largest absolute Gasteiger partial charge is 0.452 e. The molecule has 1 fully saturated rings. The maximum atomic E-state index is 12.7. The number of carbonyl (C=O) groups excluding carboxylic acids is 2. The van der Waals surface area contributed by atoms with Gasteiger partial charge < -0.3 is 10.1 Å². The third-order valence-corrected chi connectivity index (χ3v) is 6.95. The molecule has 9 heteroatoms. The van der Waals surface area contributed by atoms with Gasteiger partial charge in [-0.2, -0.15) is 13.2 Å². The Bertz CT molecular complexity index is 850. The van der Waals surface area contributed by atoms with Gasteiger partial charge in [0.1, 0.15) is 0 Å². The van der Waals surface area contributed by atoms with Gasteiger partial charge in [-0.05, 0) is 35.9 Å². The average Bonchev–Trinajstić information content (AvgIpc) is 3.20. The molecule has 0 atom stereocenters. The first-order chi connectivity index (χ1) is 13.3. The van der Waals surface area contributed by atoms with Crippen LogP contribution in [0.4, 0.5) is 18.9 Å². The van der Waals surface area contributed by atoms with E-state index in [1.54, 1.807) is 12.1 Å². The van der Waals surface area contributed by atoms with Crippen LogP contribution in [0.1, 0.15) is 26.1 Å². The van der Waals surface area contributed by atoms with E-state index in [0.717, 1.165) is 29.2 Å². The quantitative estimate of drug-likeness (QED) is 0.682.